The highest BCUT2D eigenvalue weighted by molar-refractivity contribution is 5.44. The molecule has 0 saturated heterocycles. The Balaban J connectivity index is 0.00000392. The summed E-state index contributed by atoms with van der Waals surface area (Å²) in [4.78, 5) is 0. The first-order chi connectivity index (χ1) is 12.7. The summed E-state index contributed by atoms with van der Waals surface area (Å²) in [5.74, 6) is 0. The Morgan fingerprint density at radius 2 is 1.07 bits per heavy atom. The van der Waals surface area contributed by atoms with E-state index in [9.17, 15) is 5.11 Å². The van der Waals surface area contributed by atoms with Crippen molar-refractivity contribution in [1.82, 2.24) is 8.97 Å². The Hall–Kier alpha value is -0.220. The van der Waals surface area contributed by atoms with Gasteiger partial charge in [0.15, 0.2) is 0 Å². The number of aryl methyl sites for hydroxylation is 1. The highest BCUT2D eigenvalue weighted by Crippen LogP contribution is 2.22. The molecule has 0 aliphatic carbocycles. The zero-order valence-corrected chi connectivity index (χ0v) is 23.1. The number of benzene rings is 2. The maximum Gasteiger partial charge on any atom is 0.132 e. The fraction of sp³-hybridized carbons (Fsp3) is 0.500. The van der Waals surface area contributed by atoms with Crippen LogP contribution in [0.5, 0.6) is 0 Å². The summed E-state index contributed by atoms with van der Waals surface area (Å²) in [6.07, 6.45) is 2.13. The van der Waals surface area contributed by atoms with Crippen molar-refractivity contribution >= 4 is 11.4 Å². The highest BCUT2D eigenvalue weighted by Gasteiger charge is 2.17. The van der Waals surface area contributed by atoms with E-state index in [1.54, 1.807) is 0 Å². The van der Waals surface area contributed by atoms with Crippen molar-refractivity contribution in [3.8, 4) is 0 Å². The summed E-state index contributed by atoms with van der Waals surface area (Å²) in [6, 6.07) is 17.6. The van der Waals surface area contributed by atoms with Crippen LogP contribution in [0.4, 0.5) is 11.4 Å². The summed E-state index contributed by atoms with van der Waals surface area (Å²) in [5.41, 5.74) is 5.14. The first kappa shape index (κ1) is 28.8. The molecule has 0 aliphatic rings. The summed E-state index contributed by atoms with van der Waals surface area (Å²) >= 11 is 0. The van der Waals surface area contributed by atoms with E-state index in [1.807, 2.05) is 0 Å². The topological polar surface area (TPSA) is 20.2 Å². The van der Waals surface area contributed by atoms with Crippen molar-refractivity contribution in [3.63, 3.8) is 0 Å². The van der Waals surface area contributed by atoms with E-state index in [1.165, 1.54) is 22.5 Å². The van der Waals surface area contributed by atoms with Gasteiger partial charge in [-0.3, -0.25) is 8.97 Å². The van der Waals surface area contributed by atoms with Gasteiger partial charge in [-0.05, 0) is 68.5 Å². The van der Waals surface area contributed by atoms with Gasteiger partial charge in [-0.2, -0.15) is 0 Å². The molecular formula is C24H38I2N2O. The maximum absolute atomic E-state index is 10.5. The third kappa shape index (κ3) is 8.44. The molecule has 0 spiro atoms. The largest absolute Gasteiger partial charge is 1.00 e. The lowest BCUT2D eigenvalue weighted by Crippen LogP contribution is -3.00. The average Bonchev–Trinajstić information content (AvgIpc) is 2.67. The normalized spacial score (nSPS) is 12.7. The van der Waals surface area contributed by atoms with Gasteiger partial charge in [0.05, 0.1) is 47.4 Å². The minimum atomic E-state index is -0.299. The molecule has 1 N–H and O–H groups in total. The number of quaternary nitrogens is 2. The van der Waals surface area contributed by atoms with Gasteiger partial charge in [-0.1, -0.05) is 24.3 Å². The van der Waals surface area contributed by atoms with Crippen molar-refractivity contribution < 1.29 is 53.1 Å². The van der Waals surface area contributed by atoms with Crippen LogP contribution < -0.4 is 56.9 Å². The number of halogens is 2. The van der Waals surface area contributed by atoms with Crippen LogP contribution in [0.1, 0.15) is 31.4 Å². The average molecular weight is 624 g/mol. The first-order valence-corrected chi connectivity index (χ1v) is 10.2. The second-order valence-corrected chi connectivity index (χ2v) is 8.73. The fourth-order valence-electron chi connectivity index (χ4n) is 3.17. The second-order valence-electron chi connectivity index (χ2n) is 8.73. The molecule has 0 saturated carbocycles. The lowest BCUT2D eigenvalue weighted by Gasteiger charge is -2.27. The summed E-state index contributed by atoms with van der Waals surface area (Å²) in [5, 5.41) is 10.5. The molecule has 1 unspecified atom stereocenters. The standard InChI is InChI=1S/C24H38N2O.2HI/c1-7-25(3,4)22-14-9-20(10-15-22)13-18-24(27)19-21-11-16-23(17-12-21)26(5,6)8-2;;/h9-12,14-17,24,27H,7-8,13,18-19H2,1-6H3;2*1H/q+2;;/p-2. The molecule has 0 amide bonds. The minimum Gasteiger partial charge on any atom is -1.00 e. The van der Waals surface area contributed by atoms with Gasteiger partial charge in [0.2, 0.25) is 0 Å². The van der Waals surface area contributed by atoms with Crippen LogP contribution in [-0.4, -0.2) is 52.5 Å². The highest BCUT2D eigenvalue weighted by atomic mass is 127. The molecule has 2 aromatic carbocycles. The quantitative estimate of drug-likeness (QED) is 0.264. The number of nitrogens with zero attached hydrogens (tertiary/aromatic N) is 2. The van der Waals surface area contributed by atoms with Crippen LogP contribution in [0.3, 0.4) is 0 Å². The molecule has 164 valence electrons. The summed E-state index contributed by atoms with van der Waals surface area (Å²) in [6.45, 7) is 6.55. The van der Waals surface area contributed by atoms with E-state index in [0.29, 0.717) is 0 Å². The number of aliphatic hydroxyl groups is 1. The van der Waals surface area contributed by atoms with Crippen LogP contribution >= 0.6 is 0 Å². The Labute approximate surface area is 212 Å². The molecule has 2 aromatic rings. The van der Waals surface area contributed by atoms with Crippen molar-refractivity contribution in [1.29, 1.82) is 0 Å². The molecule has 0 bridgehead atoms. The molecular weight excluding hydrogens is 586 g/mol. The molecule has 1 atom stereocenters. The molecule has 0 heterocycles. The number of hydrogen-bond donors (Lipinski definition) is 1. The van der Waals surface area contributed by atoms with Crippen LogP contribution in [0.15, 0.2) is 48.5 Å². The fourth-order valence-corrected chi connectivity index (χ4v) is 3.17. The van der Waals surface area contributed by atoms with Gasteiger partial charge in [-0.25, -0.2) is 0 Å². The lowest BCUT2D eigenvalue weighted by molar-refractivity contribution is -0.00100. The third-order valence-electron chi connectivity index (χ3n) is 6.09. The van der Waals surface area contributed by atoms with E-state index in [-0.39, 0.29) is 54.1 Å². The van der Waals surface area contributed by atoms with Gasteiger partial charge >= 0.3 is 0 Å². The predicted molar refractivity (Wildman–Crippen MR) is 119 cm³/mol. The van der Waals surface area contributed by atoms with Crippen molar-refractivity contribution in [2.45, 2.75) is 39.2 Å². The SMILES string of the molecule is CC[N+](C)(C)c1ccc(CCC(O)Cc2ccc([N+](C)(C)CC)cc2)cc1.[I-].[I-]. The van der Waals surface area contributed by atoms with Crippen LogP contribution in [0, 0.1) is 0 Å². The number of hydrogen-bond acceptors (Lipinski definition) is 1. The van der Waals surface area contributed by atoms with Crippen LogP contribution in [-0.2, 0) is 12.8 Å². The Morgan fingerprint density at radius 3 is 1.45 bits per heavy atom. The van der Waals surface area contributed by atoms with E-state index in [0.717, 1.165) is 41.3 Å². The van der Waals surface area contributed by atoms with Crippen LogP contribution in [0.25, 0.3) is 0 Å². The lowest BCUT2D eigenvalue weighted by atomic mass is 10.0. The van der Waals surface area contributed by atoms with E-state index in [4.69, 9.17) is 0 Å². The minimum absolute atomic E-state index is 0. The molecule has 0 aromatic heterocycles. The van der Waals surface area contributed by atoms with Crippen molar-refractivity contribution in [2.24, 2.45) is 0 Å². The Morgan fingerprint density at radius 1 is 0.690 bits per heavy atom. The monoisotopic (exact) mass is 624 g/mol. The molecule has 0 radical (unpaired) electrons. The van der Waals surface area contributed by atoms with E-state index < -0.39 is 0 Å². The van der Waals surface area contributed by atoms with Crippen molar-refractivity contribution in [2.75, 3.05) is 41.3 Å². The van der Waals surface area contributed by atoms with Gasteiger partial charge in [0, 0.05) is 0 Å². The second kappa shape index (κ2) is 12.6. The summed E-state index contributed by atoms with van der Waals surface area (Å²) < 4.78 is 1.78. The van der Waals surface area contributed by atoms with E-state index in [2.05, 4.69) is 90.6 Å². The molecule has 2 rings (SSSR count). The smallest absolute Gasteiger partial charge is 0.132 e. The van der Waals surface area contributed by atoms with E-state index >= 15 is 0 Å². The third-order valence-corrected chi connectivity index (χ3v) is 6.09. The molecule has 5 heteroatoms. The van der Waals surface area contributed by atoms with Crippen molar-refractivity contribution in [3.05, 3.63) is 59.7 Å². The molecule has 3 nitrogen and oxygen atoms in total. The Kier molecular flexibility index (Phi) is 12.5. The zero-order valence-electron chi connectivity index (χ0n) is 18.8. The first-order valence-electron chi connectivity index (χ1n) is 10.2. The summed E-state index contributed by atoms with van der Waals surface area (Å²) in [7, 11) is 8.89. The predicted octanol–water partition coefficient (Wildman–Crippen LogP) is -1.60. The molecule has 0 fully saturated rings. The van der Waals surface area contributed by atoms with Gasteiger partial charge in [0.25, 0.3) is 0 Å². The molecule has 0 aliphatic heterocycles. The maximum atomic E-state index is 10.5. The van der Waals surface area contributed by atoms with Gasteiger partial charge in [-0.15, -0.1) is 0 Å². The van der Waals surface area contributed by atoms with Crippen LogP contribution in [0.2, 0.25) is 0 Å². The number of rotatable bonds is 9. The number of aliphatic hydroxyl groups excluding tert-OH is 1. The van der Waals surface area contributed by atoms with Gasteiger partial charge in [0.1, 0.15) is 11.4 Å². The Bertz CT molecular complexity index is 713. The molecule has 29 heavy (non-hydrogen) atoms. The van der Waals surface area contributed by atoms with Gasteiger partial charge < -0.3 is 53.1 Å². The zero-order chi connectivity index (χ0) is 20.1.